The number of amides is 1. The Morgan fingerprint density at radius 1 is 0.900 bits per heavy atom. The zero-order valence-corrected chi connectivity index (χ0v) is 16.7. The number of aromatic nitrogens is 1. The van der Waals surface area contributed by atoms with Crippen LogP contribution in [0.2, 0.25) is 0 Å². The number of rotatable bonds is 3. The highest BCUT2D eigenvalue weighted by molar-refractivity contribution is 6.13. The Hall–Kier alpha value is -3.86. The first-order chi connectivity index (χ1) is 14.6. The van der Waals surface area contributed by atoms with Crippen LogP contribution in [0.5, 0.6) is 11.5 Å². The van der Waals surface area contributed by atoms with Crippen LogP contribution in [0, 0.1) is 13.8 Å². The molecule has 3 aromatic carbocycles. The lowest BCUT2D eigenvalue weighted by Gasteiger charge is -2.12. The van der Waals surface area contributed by atoms with Crippen molar-refractivity contribution in [1.82, 2.24) is 4.98 Å². The lowest BCUT2D eigenvalue weighted by atomic mass is 10.0. The third kappa shape index (κ3) is 3.24. The standard InChI is InChI=1S/C25H20N2O3/c1-15-7-9-18(11-16(15)2)26-25(28)20-13-22(27-21-6-4-3-5-19(20)21)17-8-10-23-24(12-17)30-14-29-23/h3-13H,14H2,1-2H3,(H,26,28). The molecule has 0 bridgehead atoms. The van der Waals surface area contributed by atoms with Gasteiger partial charge in [-0.05, 0) is 67.4 Å². The first kappa shape index (κ1) is 18.2. The highest BCUT2D eigenvalue weighted by Gasteiger charge is 2.17. The predicted octanol–water partition coefficient (Wildman–Crippen LogP) is 5.50. The molecule has 2 heterocycles. The van der Waals surface area contributed by atoms with Gasteiger partial charge < -0.3 is 14.8 Å². The second-order valence-corrected chi connectivity index (χ2v) is 7.39. The highest BCUT2D eigenvalue weighted by atomic mass is 16.7. The molecular weight excluding hydrogens is 376 g/mol. The highest BCUT2D eigenvalue weighted by Crippen LogP contribution is 2.36. The van der Waals surface area contributed by atoms with Gasteiger partial charge in [0, 0.05) is 16.6 Å². The Labute approximate surface area is 174 Å². The average Bonchev–Trinajstić information content (AvgIpc) is 3.23. The zero-order chi connectivity index (χ0) is 20.7. The van der Waals surface area contributed by atoms with Crippen LogP contribution < -0.4 is 14.8 Å². The molecule has 5 rings (SSSR count). The summed E-state index contributed by atoms with van der Waals surface area (Å²) in [6, 6.07) is 21.1. The van der Waals surface area contributed by atoms with E-state index in [1.54, 1.807) is 0 Å². The van der Waals surface area contributed by atoms with E-state index in [0.717, 1.165) is 27.7 Å². The van der Waals surface area contributed by atoms with Crippen LogP contribution in [0.25, 0.3) is 22.2 Å². The van der Waals surface area contributed by atoms with Crippen LogP contribution in [0.1, 0.15) is 21.5 Å². The van der Waals surface area contributed by atoms with E-state index in [9.17, 15) is 4.79 Å². The second-order valence-electron chi connectivity index (χ2n) is 7.39. The van der Waals surface area contributed by atoms with Gasteiger partial charge in [-0.3, -0.25) is 4.79 Å². The van der Waals surface area contributed by atoms with E-state index >= 15 is 0 Å². The molecule has 30 heavy (non-hydrogen) atoms. The molecule has 0 unspecified atom stereocenters. The molecule has 0 saturated heterocycles. The molecule has 0 aliphatic carbocycles. The molecule has 0 radical (unpaired) electrons. The van der Waals surface area contributed by atoms with Gasteiger partial charge in [0.05, 0.1) is 16.8 Å². The van der Waals surface area contributed by atoms with E-state index in [4.69, 9.17) is 14.5 Å². The number of fused-ring (bicyclic) bond motifs is 2. The molecule has 1 N–H and O–H groups in total. The van der Waals surface area contributed by atoms with E-state index in [0.29, 0.717) is 22.8 Å². The average molecular weight is 396 g/mol. The number of pyridine rings is 1. The Balaban J connectivity index is 1.58. The van der Waals surface area contributed by atoms with Crippen molar-refractivity contribution in [2.24, 2.45) is 0 Å². The smallest absolute Gasteiger partial charge is 0.256 e. The monoisotopic (exact) mass is 396 g/mol. The molecule has 1 aliphatic rings. The molecule has 0 spiro atoms. The van der Waals surface area contributed by atoms with Crippen molar-refractivity contribution >= 4 is 22.5 Å². The van der Waals surface area contributed by atoms with Gasteiger partial charge in [0.15, 0.2) is 11.5 Å². The number of aryl methyl sites for hydroxylation is 2. The van der Waals surface area contributed by atoms with Gasteiger partial charge in [0.1, 0.15) is 0 Å². The number of benzene rings is 3. The molecule has 1 amide bonds. The van der Waals surface area contributed by atoms with Crippen LogP contribution in [-0.4, -0.2) is 17.7 Å². The number of nitrogens with one attached hydrogen (secondary N) is 1. The van der Waals surface area contributed by atoms with Gasteiger partial charge in [0.2, 0.25) is 6.79 Å². The Morgan fingerprint density at radius 2 is 1.73 bits per heavy atom. The summed E-state index contributed by atoms with van der Waals surface area (Å²) in [6.45, 7) is 4.30. The van der Waals surface area contributed by atoms with Gasteiger partial charge in [0.25, 0.3) is 5.91 Å². The third-order valence-corrected chi connectivity index (χ3v) is 5.39. The second kappa shape index (κ2) is 7.19. The number of anilines is 1. The van der Waals surface area contributed by atoms with Crippen molar-refractivity contribution in [3.63, 3.8) is 0 Å². The van der Waals surface area contributed by atoms with Crippen LogP contribution in [-0.2, 0) is 0 Å². The predicted molar refractivity (Wildman–Crippen MR) is 117 cm³/mol. The summed E-state index contributed by atoms with van der Waals surface area (Å²) < 4.78 is 10.9. The molecule has 1 aromatic heterocycles. The summed E-state index contributed by atoms with van der Waals surface area (Å²) in [5.74, 6) is 1.23. The van der Waals surface area contributed by atoms with E-state index in [1.165, 1.54) is 5.56 Å². The van der Waals surface area contributed by atoms with Crippen LogP contribution in [0.3, 0.4) is 0 Å². The van der Waals surface area contributed by atoms with Gasteiger partial charge in [-0.15, -0.1) is 0 Å². The fourth-order valence-electron chi connectivity index (χ4n) is 3.58. The SMILES string of the molecule is Cc1ccc(NC(=O)c2cc(-c3ccc4c(c3)OCO4)nc3ccccc23)cc1C. The van der Waals surface area contributed by atoms with Crippen LogP contribution in [0.15, 0.2) is 66.7 Å². The third-order valence-electron chi connectivity index (χ3n) is 5.39. The van der Waals surface area contributed by atoms with Crippen LogP contribution >= 0.6 is 0 Å². The van der Waals surface area contributed by atoms with Gasteiger partial charge in [-0.2, -0.15) is 0 Å². The molecule has 0 fully saturated rings. The van der Waals surface area contributed by atoms with Crippen molar-refractivity contribution in [3.8, 4) is 22.8 Å². The summed E-state index contributed by atoms with van der Waals surface area (Å²) in [6.07, 6.45) is 0. The summed E-state index contributed by atoms with van der Waals surface area (Å²) in [7, 11) is 0. The molecule has 1 aliphatic heterocycles. The number of ether oxygens (including phenoxy) is 2. The van der Waals surface area contributed by atoms with Gasteiger partial charge >= 0.3 is 0 Å². The van der Waals surface area contributed by atoms with E-state index in [-0.39, 0.29) is 12.7 Å². The molecule has 0 atom stereocenters. The minimum absolute atomic E-state index is 0.168. The minimum atomic E-state index is -0.168. The topological polar surface area (TPSA) is 60.5 Å². The Kier molecular flexibility index (Phi) is 4.36. The van der Waals surface area contributed by atoms with Crippen molar-refractivity contribution in [2.45, 2.75) is 13.8 Å². The molecular formula is C25H20N2O3. The maximum atomic E-state index is 13.2. The normalized spacial score (nSPS) is 12.2. The van der Waals surface area contributed by atoms with Crippen molar-refractivity contribution in [3.05, 3.63) is 83.4 Å². The zero-order valence-electron chi connectivity index (χ0n) is 16.7. The number of carbonyl (C=O) groups is 1. The first-order valence-electron chi connectivity index (χ1n) is 9.77. The number of hydrogen-bond acceptors (Lipinski definition) is 4. The summed E-state index contributed by atoms with van der Waals surface area (Å²) >= 11 is 0. The molecule has 0 saturated carbocycles. The fraction of sp³-hybridized carbons (Fsp3) is 0.120. The Morgan fingerprint density at radius 3 is 2.60 bits per heavy atom. The lowest BCUT2D eigenvalue weighted by molar-refractivity contribution is 0.102. The number of carbonyl (C=O) groups excluding carboxylic acids is 1. The number of hydrogen-bond donors (Lipinski definition) is 1. The molecule has 4 aromatic rings. The molecule has 5 heteroatoms. The van der Waals surface area contributed by atoms with Crippen molar-refractivity contribution in [2.75, 3.05) is 12.1 Å². The maximum Gasteiger partial charge on any atom is 0.256 e. The largest absolute Gasteiger partial charge is 0.454 e. The Bertz CT molecular complexity index is 1300. The first-order valence-corrected chi connectivity index (χ1v) is 9.77. The molecule has 148 valence electrons. The molecule has 5 nitrogen and oxygen atoms in total. The quantitative estimate of drug-likeness (QED) is 0.497. The van der Waals surface area contributed by atoms with Crippen molar-refractivity contribution < 1.29 is 14.3 Å². The lowest BCUT2D eigenvalue weighted by Crippen LogP contribution is -2.13. The number of para-hydroxylation sites is 1. The summed E-state index contributed by atoms with van der Waals surface area (Å²) in [4.78, 5) is 18.0. The van der Waals surface area contributed by atoms with E-state index in [2.05, 4.69) is 12.2 Å². The number of nitrogens with zero attached hydrogens (tertiary/aromatic N) is 1. The maximum absolute atomic E-state index is 13.2. The summed E-state index contributed by atoms with van der Waals surface area (Å²) in [5.41, 5.74) is 6.00. The summed E-state index contributed by atoms with van der Waals surface area (Å²) in [5, 5.41) is 3.84. The van der Waals surface area contributed by atoms with E-state index < -0.39 is 0 Å². The van der Waals surface area contributed by atoms with Gasteiger partial charge in [-0.25, -0.2) is 4.98 Å². The fourth-order valence-corrected chi connectivity index (χ4v) is 3.58. The van der Waals surface area contributed by atoms with Crippen molar-refractivity contribution in [1.29, 1.82) is 0 Å². The van der Waals surface area contributed by atoms with Crippen LogP contribution in [0.4, 0.5) is 5.69 Å². The minimum Gasteiger partial charge on any atom is -0.454 e. The van der Waals surface area contributed by atoms with E-state index in [1.807, 2.05) is 73.7 Å². The van der Waals surface area contributed by atoms with Gasteiger partial charge in [-0.1, -0.05) is 24.3 Å².